The molecule has 1 aliphatic carbocycles. The van der Waals surface area contributed by atoms with E-state index in [1.165, 1.54) is 12.1 Å². The summed E-state index contributed by atoms with van der Waals surface area (Å²) in [6.45, 7) is 0. The number of methoxy groups -OCH3 is 1. The molecule has 1 aromatic rings. The Morgan fingerprint density at radius 1 is 1.19 bits per heavy atom. The highest BCUT2D eigenvalue weighted by molar-refractivity contribution is 5.30. The molecule has 1 aliphatic rings. The van der Waals surface area contributed by atoms with E-state index in [4.69, 9.17) is 4.74 Å². The van der Waals surface area contributed by atoms with Crippen LogP contribution in [-0.4, -0.2) is 19.8 Å². The zero-order chi connectivity index (χ0) is 15.5. The molecule has 0 spiro atoms. The van der Waals surface area contributed by atoms with Gasteiger partial charge in [-0.15, -0.1) is 0 Å². The molecule has 21 heavy (non-hydrogen) atoms. The maximum atomic E-state index is 12.9. The average Bonchev–Trinajstić information content (AvgIpc) is 2.48. The van der Waals surface area contributed by atoms with Crippen molar-refractivity contribution in [2.45, 2.75) is 49.9 Å². The first-order chi connectivity index (χ1) is 9.93. The predicted molar refractivity (Wildman–Crippen MR) is 76.1 cm³/mol. The fraction of sp³-hybridized carbons (Fsp3) is 0.625. The van der Waals surface area contributed by atoms with Gasteiger partial charge in [0, 0.05) is 7.11 Å². The number of rotatable bonds is 4. The molecule has 1 unspecified atom stereocenters. The Kier molecular flexibility index (Phi) is 4.94. The lowest BCUT2D eigenvalue weighted by atomic mass is 9.76. The first-order valence-electron chi connectivity index (χ1n) is 7.32. The van der Waals surface area contributed by atoms with Crippen molar-refractivity contribution in [1.29, 1.82) is 0 Å². The van der Waals surface area contributed by atoms with Crippen molar-refractivity contribution in [3.63, 3.8) is 0 Å². The number of hydrogen-bond acceptors (Lipinski definition) is 2. The fourth-order valence-corrected chi connectivity index (χ4v) is 3.39. The third-order valence-electron chi connectivity index (χ3n) is 4.47. The monoisotopic (exact) mass is 301 g/mol. The highest BCUT2D eigenvalue weighted by Crippen LogP contribution is 2.42. The van der Waals surface area contributed by atoms with Crippen molar-refractivity contribution in [1.82, 2.24) is 5.32 Å². The van der Waals surface area contributed by atoms with Gasteiger partial charge in [-0.25, -0.2) is 0 Å². The highest BCUT2D eigenvalue weighted by Gasteiger charge is 2.41. The standard InChI is InChI=1S/C16H22F3NO/c1-20-14(15(21-2)9-4-3-5-10-15)12-7-6-8-13(11-12)16(17,18)19/h6-8,11,14,20H,3-5,9-10H2,1-2H3. The molecule has 0 radical (unpaired) electrons. The predicted octanol–water partition coefficient (Wildman–Crippen LogP) is 4.32. The molecule has 1 N–H and O–H groups in total. The molecule has 0 bridgehead atoms. The average molecular weight is 301 g/mol. The van der Waals surface area contributed by atoms with E-state index in [0.29, 0.717) is 5.56 Å². The molecular weight excluding hydrogens is 279 g/mol. The van der Waals surface area contributed by atoms with E-state index in [9.17, 15) is 13.2 Å². The van der Waals surface area contributed by atoms with Crippen molar-refractivity contribution in [2.75, 3.05) is 14.2 Å². The lowest BCUT2D eigenvalue weighted by Crippen LogP contribution is -2.46. The van der Waals surface area contributed by atoms with Gasteiger partial charge in [-0.3, -0.25) is 0 Å². The Balaban J connectivity index is 2.36. The topological polar surface area (TPSA) is 21.3 Å². The second-order valence-corrected chi connectivity index (χ2v) is 5.67. The van der Waals surface area contributed by atoms with E-state index in [1.54, 1.807) is 20.2 Å². The van der Waals surface area contributed by atoms with Crippen molar-refractivity contribution < 1.29 is 17.9 Å². The van der Waals surface area contributed by atoms with Crippen LogP contribution in [0.5, 0.6) is 0 Å². The normalized spacial score (nSPS) is 20.2. The fourth-order valence-electron chi connectivity index (χ4n) is 3.39. The zero-order valence-electron chi connectivity index (χ0n) is 12.5. The number of halogens is 3. The van der Waals surface area contributed by atoms with Crippen molar-refractivity contribution in [3.05, 3.63) is 35.4 Å². The van der Waals surface area contributed by atoms with Gasteiger partial charge in [0.25, 0.3) is 0 Å². The molecule has 0 aliphatic heterocycles. The minimum Gasteiger partial charge on any atom is -0.376 e. The van der Waals surface area contributed by atoms with Crippen molar-refractivity contribution >= 4 is 0 Å². The molecule has 1 aromatic carbocycles. The zero-order valence-corrected chi connectivity index (χ0v) is 12.5. The van der Waals surface area contributed by atoms with Crippen LogP contribution in [0.1, 0.15) is 49.3 Å². The summed E-state index contributed by atoms with van der Waals surface area (Å²) in [5.41, 5.74) is -0.393. The second-order valence-electron chi connectivity index (χ2n) is 5.67. The third kappa shape index (κ3) is 3.40. The largest absolute Gasteiger partial charge is 0.416 e. The summed E-state index contributed by atoms with van der Waals surface area (Å²) in [6.07, 6.45) is 0.664. The number of benzene rings is 1. The maximum Gasteiger partial charge on any atom is 0.416 e. The summed E-state index contributed by atoms with van der Waals surface area (Å²) in [5, 5.41) is 3.17. The Morgan fingerprint density at radius 3 is 2.38 bits per heavy atom. The molecule has 2 rings (SSSR count). The quantitative estimate of drug-likeness (QED) is 0.894. The van der Waals surface area contributed by atoms with Crippen LogP contribution >= 0.6 is 0 Å². The third-order valence-corrected chi connectivity index (χ3v) is 4.47. The number of hydrogen-bond donors (Lipinski definition) is 1. The van der Waals surface area contributed by atoms with Crippen LogP contribution in [0.3, 0.4) is 0 Å². The smallest absolute Gasteiger partial charge is 0.376 e. The summed E-state index contributed by atoms with van der Waals surface area (Å²) in [7, 11) is 3.43. The number of alkyl halides is 3. The van der Waals surface area contributed by atoms with E-state index in [1.807, 2.05) is 0 Å². The van der Waals surface area contributed by atoms with Gasteiger partial charge in [0.15, 0.2) is 0 Å². The molecule has 118 valence electrons. The van der Waals surface area contributed by atoms with Gasteiger partial charge in [0.2, 0.25) is 0 Å². The van der Waals surface area contributed by atoms with Gasteiger partial charge >= 0.3 is 6.18 Å². The summed E-state index contributed by atoms with van der Waals surface area (Å²) >= 11 is 0. The van der Waals surface area contributed by atoms with Gasteiger partial charge in [-0.05, 0) is 37.6 Å². The summed E-state index contributed by atoms with van der Waals surface area (Å²) in [4.78, 5) is 0. The van der Waals surface area contributed by atoms with Crippen LogP contribution in [-0.2, 0) is 10.9 Å². The molecule has 5 heteroatoms. The first kappa shape index (κ1) is 16.3. The van der Waals surface area contributed by atoms with E-state index in [-0.39, 0.29) is 6.04 Å². The summed E-state index contributed by atoms with van der Waals surface area (Å²) in [6, 6.07) is 5.32. The Hall–Kier alpha value is -1.07. The second kappa shape index (κ2) is 6.36. The lowest BCUT2D eigenvalue weighted by Gasteiger charge is -2.42. The van der Waals surface area contributed by atoms with E-state index < -0.39 is 17.3 Å². The van der Waals surface area contributed by atoms with Crippen molar-refractivity contribution in [3.8, 4) is 0 Å². The lowest BCUT2D eigenvalue weighted by molar-refractivity contribution is -0.137. The Bertz CT molecular complexity index is 467. The van der Waals surface area contributed by atoms with Crippen LogP contribution in [0.2, 0.25) is 0 Å². The molecule has 1 saturated carbocycles. The number of ether oxygens (including phenoxy) is 1. The van der Waals surface area contributed by atoms with E-state index >= 15 is 0 Å². The van der Waals surface area contributed by atoms with Crippen LogP contribution < -0.4 is 5.32 Å². The minimum absolute atomic E-state index is 0.231. The van der Waals surface area contributed by atoms with Gasteiger partial charge in [-0.1, -0.05) is 31.4 Å². The van der Waals surface area contributed by atoms with Crippen LogP contribution in [0.15, 0.2) is 24.3 Å². The molecule has 2 nitrogen and oxygen atoms in total. The minimum atomic E-state index is -4.32. The van der Waals surface area contributed by atoms with Gasteiger partial charge in [-0.2, -0.15) is 13.2 Å². The van der Waals surface area contributed by atoms with Gasteiger partial charge < -0.3 is 10.1 Å². The number of likely N-dealkylation sites (N-methyl/N-ethyl adjacent to an activating group) is 1. The summed E-state index contributed by atoms with van der Waals surface area (Å²) < 4.78 is 44.5. The summed E-state index contributed by atoms with van der Waals surface area (Å²) in [5.74, 6) is 0. The Morgan fingerprint density at radius 2 is 1.86 bits per heavy atom. The van der Waals surface area contributed by atoms with Crippen LogP contribution in [0, 0.1) is 0 Å². The van der Waals surface area contributed by atoms with E-state index in [2.05, 4.69) is 5.32 Å². The van der Waals surface area contributed by atoms with E-state index in [0.717, 1.165) is 38.2 Å². The number of nitrogens with one attached hydrogen (secondary N) is 1. The molecule has 0 amide bonds. The molecule has 0 heterocycles. The molecule has 1 fully saturated rings. The Labute approximate surface area is 123 Å². The maximum absolute atomic E-state index is 12.9. The van der Waals surface area contributed by atoms with Crippen molar-refractivity contribution in [2.24, 2.45) is 0 Å². The molecule has 0 saturated heterocycles. The molecule has 0 aromatic heterocycles. The van der Waals surface area contributed by atoms with Gasteiger partial charge in [0.05, 0.1) is 17.2 Å². The SMILES string of the molecule is CNC(c1cccc(C(F)(F)F)c1)C1(OC)CCCCC1. The van der Waals surface area contributed by atoms with Gasteiger partial charge in [0.1, 0.15) is 0 Å². The molecule has 1 atom stereocenters. The van der Waals surface area contributed by atoms with Crippen LogP contribution in [0.4, 0.5) is 13.2 Å². The van der Waals surface area contributed by atoms with Crippen LogP contribution in [0.25, 0.3) is 0 Å². The highest BCUT2D eigenvalue weighted by atomic mass is 19.4. The molecular formula is C16H22F3NO. The first-order valence-corrected chi connectivity index (χ1v) is 7.32.